The van der Waals surface area contributed by atoms with Crippen LogP contribution in [-0.4, -0.2) is 28.2 Å². The maximum Gasteiger partial charge on any atom is 0.349 e. The Balaban J connectivity index is 2.03. The fourth-order valence-corrected chi connectivity index (χ4v) is 4.03. The number of aryl methyl sites for hydroxylation is 1. The Kier molecular flexibility index (Phi) is 2.97. The normalized spacial score (nSPS) is 30.8. The van der Waals surface area contributed by atoms with Crippen LogP contribution in [-0.2, 0) is 20.3 Å². The summed E-state index contributed by atoms with van der Waals surface area (Å²) in [5.41, 5.74) is 1.08. The first kappa shape index (κ1) is 12.5. The van der Waals surface area contributed by atoms with Crippen LogP contribution >= 0.6 is 0 Å². The molecule has 2 heterocycles. The molecule has 5 nitrogen and oxygen atoms in total. The van der Waals surface area contributed by atoms with Crippen LogP contribution in [0, 0.1) is 12.8 Å². The zero-order chi connectivity index (χ0) is 13.5. The van der Waals surface area contributed by atoms with Gasteiger partial charge in [0.25, 0.3) is 4.87 Å². The molecule has 0 radical (unpaired) electrons. The Labute approximate surface area is 113 Å². The van der Waals surface area contributed by atoms with Crippen LogP contribution in [0.15, 0.2) is 39.4 Å². The molecule has 0 bridgehead atoms. The molecule has 2 aliphatic heterocycles. The summed E-state index contributed by atoms with van der Waals surface area (Å²) in [7, 11) is -1.57. The van der Waals surface area contributed by atoms with Crippen molar-refractivity contribution in [2.75, 3.05) is 13.2 Å². The van der Waals surface area contributed by atoms with E-state index in [1.165, 1.54) is 0 Å². The Morgan fingerprint density at radius 2 is 2.11 bits per heavy atom. The van der Waals surface area contributed by atoms with E-state index in [9.17, 15) is 9.00 Å². The second-order valence-corrected chi connectivity index (χ2v) is 6.45. The molecule has 19 heavy (non-hydrogen) atoms. The van der Waals surface area contributed by atoms with E-state index in [1.807, 2.05) is 19.1 Å². The van der Waals surface area contributed by atoms with Gasteiger partial charge >= 0.3 is 5.97 Å². The first-order chi connectivity index (χ1) is 9.14. The third kappa shape index (κ3) is 1.82. The minimum Gasteiger partial charge on any atom is -0.463 e. The molecular weight excluding hydrogens is 264 g/mol. The second kappa shape index (κ2) is 4.52. The summed E-state index contributed by atoms with van der Waals surface area (Å²) in [5.74, 6) is -0.625. The summed E-state index contributed by atoms with van der Waals surface area (Å²) in [4.78, 5) is 11.4. The lowest BCUT2D eigenvalue weighted by Crippen LogP contribution is -2.51. The van der Waals surface area contributed by atoms with E-state index >= 15 is 0 Å². The fraction of sp³-hybridized carbons (Fsp3) is 0.462. The van der Waals surface area contributed by atoms with E-state index in [2.05, 4.69) is 10.2 Å². The Hall–Kier alpha value is -1.56. The van der Waals surface area contributed by atoms with Crippen molar-refractivity contribution in [3.05, 3.63) is 29.8 Å². The smallest absolute Gasteiger partial charge is 0.349 e. The van der Waals surface area contributed by atoms with Crippen LogP contribution in [0.3, 0.4) is 0 Å². The topological polar surface area (TPSA) is 68.1 Å². The van der Waals surface area contributed by atoms with Gasteiger partial charge in [-0.15, -0.1) is 0 Å². The molecule has 0 aliphatic carbocycles. The summed E-state index contributed by atoms with van der Waals surface area (Å²) in [6.45, 7) is 2.77. The minimum absolute atomic E-state index is 0.115. The summed E-state index contributed by atoms with van der Waals surface area (Å²) in [6, 6.07) is 7.29. The van der Waals surface area contributed by atoms with Crippen molar-refractivity contribution in [3.63, 3.8) is 0 Å². The molecule has 0 aromatic heterocycles. The van der Waals surface area contributed by atoms with Gasteiger partial charge in [0.05, 0.1) is 24.0 Å². The van der Waals surface area contributed by atoms with Crippen LogP contribution in [0.2, 0.25) is 0 Å². The highest BCUT2D eigenvalue weighted by atomic mass is 32.2. The molecule has 6 heteroatoms. The quantitative estimate of drug-likeness (QED) is 0.775. The third-order valence-electron chi connectivity index (χ3n) is 3.58. The van der Waals surface area contributed by atoms with Crippen LogP contribution in [0.5, 0.6) is 0 Å². The standard InChI is InChI=1S/C13H14N2O3S/c1-9-2-4-11(5-3-9)19(17)13-10(8-14-15-13)6-7-18-12(13)16/h2-5,10H,6-8H2,1H3/t10-,13-,19+/m1/s1. The van der Waals surface area contributed by atoms with Crippen molar-refractivity contribution < 1.29 is 13.7 Å². The van der Waals surface area contributed by atoms with Gasteiger partial charge in [-0.3, -0.25) is 4.21 Å². The summed E-state index contributed by atoms with van der Waals surface area (Å²) in [6.07, 6.45) is 0.663. The molecule has 2 aliphatic rings. The van der Waals surface area contributed by atoms with E-state index in [0.29, 0.717) is 24.5 Å². The lowest BCUT2D eigenvalue weighted by molar-refractivity contribution is -0.152. The molecule has 1 aromatic rings. The van der Waals surface area contributed by atoms with Crippen molar-refractivity contribution in [2.24, 2.45) is 16.1 Å². The number of ether oxygens (including phenoxy) is 1. The molecule has 0 amide bonds. The number of carbonyl (C=O) groups excluding carboxylic acids is 1. The van der Waals surface area contributed by atoms with E-state index in [0.717, 1.165) is 5.56 Å². The molecule has 3 rings (SSSR count). The highest BCUT2D eigenvalue weighted by molar-refractivity contribution is 7.87. The van der Waals surface area contributed by atoms with Gasteiger partial charge in [0.1, 0.15) is 0 Å². The van der Waals surface area contributed by atoms with Crippen molar-refractivity contribution in [1.82, 2.24) is 0 Å². The van der Waals surface area contributed by atoms with Gasteiger partial charge in [0.15, 0.2) is 0 Å². The maximum absolute atomic E-state index is 12.8. The van der Waals surface area contributed by atoms with Gasteiger partial charge in [-0.25, -0.2) is 4.79 Å². The van der Waals surface area contributed by atoms with Crippen LogP contribution in [0.1, 0.15) is 12.0 Å². The minimum atomic E-state index is -1.57. The highest BCUT2D eigenvalue weighted by Crippen LogP contribution is 2.41. The number of hydrogen-bond acceptors (Lipinski definition) is 5. The van der Waals surface area contributed by atoms with E-state index in [1.54, 1.807) is 12.1 Å². The number of nitrogens with zero attached hydrogens (tertiary/aromatic N) is 2. The average Bonchev–Trinajstić information content (AvgIpc) is 2.85. The Morgan fingerprint density at radius 1 is 1.37 bits per heavy atom. The van der Waals surface area contributed by atoms with Crippen molar-refractivity contribution in [3.8, 4) is 0 Å². The number of rotatable bonds is 2. The first-order valence-corrected chi connectivity index (χ1v) is 7.34. The van der Waals surface area contributed by atoms with Gasteiger partial charge < -0.3 is 4.74 Å². The summed E-state index contributed by atoms with van der Waals surface area (Å²) >= 11 is 0. The molecule has 0 spiro atoms. The van der Waals surface area contributed by atoms with E-state index in [-0.39, 0.29) is 5.92 Å². The molecule has 1 saturated heterocycles. The molecule has 1 fully saturated rings. The fourth-order valence-electron chi connectivity index (χ4n) is 2.45. The lowest BCUT2D eigenvalue weighted by atomic mass is 9.95. The third-order valence-corrected chi connectivity index (χ3v) is 5.43. The Bertz CT molecular complexity index is 570. The number of hydrogen-bond donors (Lipinski definition) is 0. The molecule has 0 N–H and O–H groups in total. The summed E-state index contributed by atoms with van der Waals surface area (Å²) < 4.78 is 17.9. The number of cyclic esters (lactones) is 1. The van der Waals surface area contributed by atoms with E-state index in [4.69, 9.17) is 4.74 Å². The predicted molar refractivity (Wildman–Crippen MR) is 69.1 cm³/mol. The number of benzene rings is 1. The average molecular weight is 278 g/mol. The maximum atomic E-state index is 12.8. The molecule has 1 aromatic carbocycles. The highest BCUT2D eigenvalue weighted by Gasteiger charge is 2.58. The predicted octanol–water partition coefficient (Wildman–Crippen LogP) is 1.83. The summed E-state index contributed by atoms with van der Waals surface area (Å²) in [5, 5.41) is 7.96. The SMILES string of the molecule is Cc1ccc([S@](=O)[C@]23N=NC[C@H]2CCOC3=O)cc1. The molecular formula is C13H14N2O3S. The number of azo groups is 1. The van der Waals surface area contributed by atoms with Crippen LogP contribution in [0.25, 0.3) is 0 Å². The molecule has 100 valence electrons. The van der Waals surface area contributed by atoms with Gasteiger partial charge in [-0.1, -0.05) is 17.7 Å². The lowest BCUT2D eigenvalue weighted by Gasteiger charge is -2.32. The van der Waals surface area contributed by atoms with Crippen molar-refractivity contribution >= 4 is 16.8 Å². The van der Waals surface area contributed by atoms with E-state index < -0.39 is 21.6 Å². The molecule has 3 atom stereocenters. The molecule has 0 saturated carbocycles. The van der Waals surface area contributed by atoms with Gasteiger partial charge in [-0.2, -0.15) is 10.2 Å². The first-order valence-electron chi connectivity index (χ1n) is 6.19. The number of carbonyl (C=O) groups is 1. The second-order valence-electron chi connectivity index (χ2n) is 4.82. The van der Waals surface area contributed by atoms with Crippen molar-refractivity contribution in [2.45, 2.75) is 23.1 Å². The van der Waals surface area contributed by atoms with Gasteiger partial charge in [0, 0.05) is 10.8 Å². The monoisotopic (exact) mass is 278 g/mol. The molecule has 0 unspecified atom stereocenters. The van der Waals surface area contributed by atoms with Gasteiger partial charge in [0.2, 0.25) is 0 Å². The van der Waals surface area contributed by atoms with Crippen LogP contribution < -0.4 is 0 Å². The number of esters is 1. The Morgan fingerprint density at radius 3 is 2.84 bits per heavy atom. The van der Waals surface area contributed by atoms with Crippen molar-refractivity contribution in [1.29, 1.82) is 0 Å². The number of fused-ring (bicyclic) bond motifs is 1. The van der Waals surface area contributed by atoms with Gasteiger partial charge in [-0.05, 0) is 25.5 Å². The zero-order valence-corrected chi connectivity index (χ0v) is 11.4. The van der Waals surface area contributed by atoms with Crippen LogP contribution in [0.4, 0.5) is 0 Å². The zero-order valence-electron chi connectivity index (χ0n) is 10.5. The largest absolute Gasteiger partial charge is 0.463 e.